The summed E-state index contributed by atoms with van der Waals surface area (Å²) in [6.07, 6.45) is 4.48. The fourth-order valence-electron chi connectivity index (χ4n) is 2.90. The summed E-state index contributed by atoms with van der Waals surface area (Å²) in [6.45, 7) is 7.17. The number of halogens is 1. The number of aryl methyl sites for hydroxylation is 1. The molecular formula is C20H24ClN5O. The number of hydrogen-bond donors (Lipinski definition) is 1. The molecule has 0 fully saturated rings. The van der Waals surface area contributed by atoms with E-state index in [1.165, 1.54) is 0 Å². The molecule has 0 atom stereocenters. The van der Waals surface area contributed by atoms with Crippen LogP contribution in [0.25, 0.3) is 5.69 Å². The number of benzene rings is 1. The number of carbonyl (C=O) groups excluding carboxylic acids is 1. The van der Waals surface area contributed by atoms with E-state index in [2.05, 4.69) is 29.4 Å². The predicted octanol–water partition coefficient (Wildman–Crippen LogP) is 3.66. The molecule has 142 valence electrons. The molecule has 0 saturated heterocycles. The monoisotopic (exact) mass is 385 g/mol. The average molecular weight is 386 g/mol. The van der Waals surface area contributed by atoms with Gasteiger partial charge in [-0.1, -0.05) is 43.6 Å². The summed E-state index contributed by atoms with van der Waals surface area (Å²) in [6, 6.07) is 9.92. The third-order valence-electron chi connectivity index (χ3n) is 4.19. The smallest absolute Gasteiger partial charge is 0.256 e. The molecule has 1 amide bonds. The predicted molar refractivity (Wildman–Crippen MR) is 106 cm³/mol. The maximum atomic E-state index is 12.5. The van der Waals surface area contributed by atoms with E-state index in [9.17, 15) is 4.79 Å². The second-order valence-corrected chi connectivity index (χ2v) is 7.32. The lowest BCUT2D eigenvalue weighted by molar-refractivity contribution is 0.0953. The van der Waals surface area contributed by atoms with Crippen LogP contribution in [0.4, 0.5) is 0 Å². The van der Waals surface area contributed by atoms with Crippen molar-refractivity contribution in [2.75, 3.05) is 6.54 Å². The first-order valence-corrected chi connectivity index (χ1v) is 9.43. The first-order chi connectivity index (χ1) is 13.0. The maximum absolute atomic E-state index is 12.5. The second kappa shape index (κ2) is 8.39. The number of nitrogens with one attached hydrogen (secondary N) is 1. The lowest BCUT2D eigenvalue weighted by atomic mass is 10.2. The zero-order valence-corrected chi connectivity index (χ0v) is 16.6. The van der Waals surface area contributed by atoms with Crippen LogP contribution in [0.5, 0.6) is 0 Å². The molecule has 7 heteroatoms. The van der Waals surface area contributed by atoms with E-state index < -0.39 is 0 Å². The minimum absolute atomic E-state index is 0.192. The van der Waals surface area contributed by atoms with Gasteiger partial charge in [0.1, 0.15) is 5.15 Å². The van der Waals surface area contributed by atoms with Crippen molar-refractivity contribution in [1.29, 1.82) is 0 Å². The van der Waals surface area contributed by atoms with Gasteiger partial charge in [0.05, 0.1) is 23.1 Å². The minimum atomic E-state index is -0.192. The SMILES string of the molecule is Cc1nn(CC(C)C)c(Cl)c1C(=O)NCCc1cnn(-c2ccccc2)c1. The first kappa shape index (κ1) is 19.2. The van der Waals surface area contributed by atoms with E-state index in [1.54, 1.807) is 4.68 Å². The highest BCUT2D eigenvalue weighted by Gasteiger charge is 2.20. The Hall–Kier alpha value is -2.60. The highest BCUT2D eigenvalue weighted by molar-refractivity contribution is 6.33. The maximum Gasteiger partial charge on any atom is 0.256 e. The van der Waals surface area contributed by atoms with Crippen molar-refractivity contribution in [3.8, 4) is 5.69 Å². The molecule has 0 aliphatic heterocycles. The fraction of sp³-hybridized carbons (Fsp3) is 0.350. The second-order valence-electron chi connectivity index (χ2n) is 6.96. The molecule has 27 heavy (non-hydrogen) atoms. The van der Waals surface area contributed by atoms with Crippen LogP contribution < -0.4 is 5.32 Å². The van der Waals surface area contributed by atoms with Gasteiger partial charge in [0.25, 0.3) is 5.91 Å². The van der Waals surface area contributed by atoms with Gasteiger partial charge in [0, 0.05) is 19.3 Å². The van der Waals surface area contributed by atoms with Crippen molar-refractivity contribution in [2.24, 2.45) is 5.92 Å². The van der Waals surface area contributed by atoms with Crippen LogP contribution in [0.2, 0.25) is 5.15 Å². The number of rotatable bonds is 7. The van der Waals surface area contributed by atoms with Crippen molar-refractivity contribution in [3.05, 3.63) is 64.7 Å². The van der Waals surface area contributed by atoms with Gasteiger partial charge in [0.15, 0.2) is 0 Å². The summed E-state index contributed by atoms with van der Waals surface area (Å²) in [5.41, 5.74) is 3.16. The van der Waals surface area contributed by atoms with Crippen LogP contribution in [0.15, 0.2) is 42.7 Å². The lowest BCUT2D eigenvalue weighted by Gasteiger charge is -2.07. The first-order valence-electron chi connectivity index (χ1n) is 9.05. The van der Waals surface area contributed by atoms with E-state index in [-0.39, 0.29) is 5.91 Å². The quantitative estimate of drug-likeness (QED) is 0.675. The van der Waals surface area contributed by atoms with Gasteiger partial charge in [-0.3, -0.25) is 9.48 Å². The van der Waals surface area contributed by atoms with Crippen LogP contribution >= 0.6 is 11.6 Å². The van der Waals surface area contributed by atoms with E-state index in [0.717, 1.165) is 11.3 Å². The molecule has 1 aromatic carbocycles. The molecule has 0 spiro atoms. The summed E-state index contributed by atoms with van der Waals surface area (Å²) in [7, 11) is 0. The van der Waals surface area contributed by atoms with Crippen molar-refractivity contribution < 1.29 is 4.79 Å². The number of hydrogen-bond acceptors (Lipinski definition) is 3. The fourth-order valence-corrected chi connectivity index (χ4v) is 3.23. The Kier molecular flexibility index (Phi) is 5.96. The van der Waals surface area contributed by atoms with Crippen LogP contribution in [0.3, 0.4) is 0 Å². The normalized spacial score (nSPS) is 11.1. The standard InChI is InChI=1S/C20H24ClN5O/c1-14(2)12-26-19(21)18(15(3)24-26)20(27)22-10-9-16-11-23-25(13-16)17-7-5-4-6-8-17/h4-8,11,13-14H,9-10,12H2,1-3H3,(H,22,27). The van der Waals surface area contributed by atoms with Crippen LogP contribution in [-0.2, 0) is 13.0 Å². The Bertz CT molecular complexity index is 914. The van der Waals surface area contributed by atoms with Gasteiger partial charge in [-0.25, -0.2) is 4.68 Å². The Morgan fingerprint density at radius 3 is 2.70 bits per heavy atom. The summed E-state index contributed by atoms with van der Waals surface area (Å²) >= 11 is 6.36. The third-order valence-corrected chi connectivity index (χ3v) is 4.57. The lowest BCUT2D eigenvalue weighted by Crippen LogP contribution is -2.26. The molecule has 0 aliphatic rings. The van der Waals surface area contributed by atoms with Crippen LogP contribution in [0, 0.1) is 12.8 Å². The highest BCUT2D eigenvalue weighted by atomic mass is 35.5. The topological polar surface area (TPSA) is 64.7 Å². The van der Waals surface area contributed by atoms with Crippen molar-refractivity contribution in [1.82, 2.24) is 24.9 Å². The van der Waals surface area contributed by atoms with E-state index in [0.29, 0.717) is 41.8 Å². The molecule has 0 aliphatic carbocycles. The van der Waals surface area contributed by atoms with Gasteiger partial charge in [-0.05, 0) is 37.0 Å². The molecule has 2 aromatic heterocycles. The van der Waals surface area contributed by atoms with Crippen molar-refractivity contribution in [3.63, 3.8) is 0 Å². The van der Waals surface area contributed by atoms with Gasteiger partial charge >= 0.3 is 0 Å². The van der Waals surface area contributed by atoms with E-state index in [4.69, 9.17) is 11.6 Å². The van der Waals surface area contributed by atoms with Crippen molar-refractivity contribution in [2.45, 2.75) is 33.7 Å². The number of para-hydroxylation sites is 1. The number of amides is 1. The van der Waals surface area contributed by atoms with Gasteiger partial charge < -0.3 is 5.32 Å². The molecule has 3 aromatic rings. The Labute approximate surface area is 164 Å². The number of aromatic nitrogens is 4. The van der Waals surface area contributed by atoms with Gasteiger partial charge in [-0.2, -0.15) is 10.2 Å². The molecule has 2 heterocycles. The Morgan fingerprint density at radius 2 is 2.00 bits per heavy atom. The zero-order valence-electron chi connectivity index (χ0n) is 15.8. The molecule has 0 radical (unpaired) electrons. The van der Waals surface area contributed by atoms with Crippen LogP contribution in [0.1, 0.15) is 35.5 Å². The molecule has 0 bridgehead atoms. The zero-order chi connectivity index (χ0) is 19.4. The largest absolute Gasteiger partial charge is 0.352 e. The summed E-state index contributed by atoms with van der Waals surface area (Å²) < 4.78 is 3.52. The van der Waals surface area contributed by atoms with E-state index >= 15 is 0 Å². The Balaban J connectivity index is 1.59. The molecule has 0 saturated carbocycles. The molecule has 0 unspecified atom stereocenters. The molecule has 1 N–H and O–H groups in total. The van der Waals surface area contributed by atoms with Crippen LogP contribution in [-0.4, -0.2) is 32.0 Å². The summed E-state index contributed by atoms with van der Waals surface area (Å²) in [5, 5.41) is 12.1. The summed E-state index contributed by atoms with van der Waals surface area (Å²) in [4.78, 5) is 12.5. The minimum Gasteiger partial charge on any atom is -0.352 e. The third kappa shape index (κ3) is 4.57. The Morgan fingerprint density at radius 1 is 1.26 bits per heavy atom. The number of carbonyl (C=O) groups is 1. The summed E-state index contributed by atoms with van der Waals surface area (Å²) in [5.74, 6) is 0.210. The van der Waals surface area contributed by atoms with Gasteiger partial charge in [-0.15, -0.1) is 0 Å². The number of nitrogens with zero attached hydrogens (tertiary/aromatic N) is 4. The van der Waals surface area contributed by atoms with E-state index in [1.807, 2.05) is 54.3 Å². The molecular weight excluding hydrogens is 362 g/mol. The molecule has 6 nitrogen and oxygen atoms in total. The van der Waals surface area contributed by atoms with Gasteiger partial charge in [0.2, 0.25) is 0 Å². The average Bonchev–Trinajstić information content (AvgIpc) is 3.20. The van der Waals surface area contributed by atoms with Crippen molar-refractivity contribution >= 4 is 17.5 Å². The highest BCUT2D eigenvalue weighted by Crippen LogP contribution is 2.20. The molecule has 3 rings (SSSR count).